The number of hydrogen-bond acceptors (Lipinski definition) is 6. The topological polar surface area (TPSA) is 64.9 Å². The van der Waals surface area contributed by atoms with Crippen LogP contribution in [-0.4, -0.2) is 23.6 Å². The van der Waals surface area contributed by atoms with Crippen LogP contribution in [0.3, 0.4) is 0 Å². The highest BCUT2D eigenvalue weighted by Gasteiger charge is 2.26. The molecule has 5 aromatic rings. The number of aromatic nitrogens is 2. The van der Waals surface area contributed by atoms with E-state index in [0.29, 0.717) is 22.3 Å². The monoisotopic (exact) mass is 427 g/mol. The Morgan fingerprint density at radius 1 is 0.935 bits per heavy atom. The molecule has 0 fully saturated rings. The van der Waals surface area contributed by atoms with Crippen LogP contribution in [0.5, 0.6) is 11.5 Å². The Hall–Kier alpha value is -3.71. The van der Waals surface area contributed by atoms with Crippen molar-refractivity contribution in [3.8, 4) is 11.5 Å². The fourth-order valence-corrected chi connectivity index (χ4v) is 5.24. The van der Waals surface area contributed by atoms with Crippen molar-refractivity contribution >= 4 is 50.6 Å². The first kappa shape index (κ1) is 18.1. The molecule has 3 heterocycles. The maximum atomic E-state index is 13.5. The van der Waals surface area contributed by atoms with Crippen molar-refractivity contribution in [2.45, 2.75) is 9.79 Å². The van der Waals surface area contributed by atoms with Gasteiger partial charge in [-0.05, 0) is 42.5 Å². The molecule has 1 aliphatic rings. The second kappa shape index (κ2) is 6.65. The Balaban J connectivity index is 1.80. The minimum atomic E-state index is -0.0874. The van der Waals surface area contributed by atoms with Gasteiger partial charge in [-0.25, -0.2) is 4.98 Å². The van der Waals surface area contributed by atoms with Gasteiger partial charge in [-0.1, -0.05) is 30.0 Å². The van der Waals surface area contributed by atoms with Crippen LogP contribution < -0.4 is 20.3 Å². The molecule has 0 unspecified atom stereocenters. The fourth-order valence-electron chi connectivity index (χ4n) is 4.13. The number of ether oxygens (including phenoxy) is 2. The van der Waals surface area contributed by atoms with Crippen LogP contribution >= 0.6 is 11.8 Å². The molecule has 0 aliphatic carbocycles. The van der Waals surface area contributed by atoms with Gasteiger partial charge in [0.05, 0.1) is 46.9 Å². The Morgan fingerprint density at radius 2 is 1.81 bits per heavy atom. The molecule has 152 valence electrons. The Kier molecular flexibility index (Phi) is 3.88. The third-order valence-corrected chi connectivity index (χ3v) is 6.74. The molecule has 0 bridgehead atoms. The highest BCUT2D eigenvalue weighted by molar-refractivity contribution is 8.00. The summed E-state index contributed by atoms with van der Waals surface area (Å²) in [6, 6.07) is 19.1. The Bertz CT molecular complexity index is 1590. The number of methoxy groups -OCH3 is 2. The van der Waals surface area contributed by atoms with E-state index in [1.54, 1.807) is 30.4 Å². The highest BCUT2D eigenvalue weighted by atomic mass is 32.2. The number of fused-ring (bicyclic) bond motifs is 8. The largest absolute Gasteiger partial charge is 0.497 e. The minimum absolute atomic E-state index is 0.0874. The van der Waals surface area contributed by atoms with Gasteiger partial charge in [0.25, 0.3) is 5.56 Å². The van der Waals surface area contributed by atoms with Gasteiger partial charge in [-0.3, -0.25) is 9.20 Å². The zero-order chi connectivity index (χ0) is 21.1. The van der Waals surface area contributed by atoms with Crippen LogP contribution in [-0.2, 0) is 0 Å². The molecule has 6 rings (SSSR count). The average molecular weight is 427 g/mol. The molecule has 7 heteroatoms. The zero-order valence-electron chi connectivity index (χ0n) is 16.8. The lowest BCUT2D eigenvalue weighted by Crippen LogP contribution is -2.18. The van der Waals surface area contributed by atoms with Crippen molar-refractivity contribution in [2.24, 2.45) is 0 Å². The molecule has 0 spiro atoms. The van der Waals surface area contributed by atoms with Crippen LogP contribution in [0.2, 0.25) is 0 Å². The number of pyridine rings is 1. The van der Waals surface area contributed by atoms with Gasteiger partial charge in [-0.2, -0.15) is 0 Å². The third kappa shape index (κ3) is 2.53. The average Bonchev–Trinajstić information content (AvgIpc) is 2.82. The van der Waals surface area contributed by atoms with Crippen molar-refractivity contribution in [2.75, 3.05) is 19.5 Å². The third-order valence-electron chi connectivity index (χ3n) is 5.59. The van der Waals surface area contributed by atoms with Gasteiger partial charge in [0.2, 0.25) is 0 Å². The summed E-state index contributed by atoms with van der Waals surface area (Å²) in [6.45, 7) is 0. The SMILES string of the molecule is COc1ccc2c(c1)c1c(c3nc4ccccc4c(=O)n32)Sc2cccc(OC)c2N1. The van der Waals surface area contributed by atoms with E-state index < -0.39 is 0 Å². The summed E-state index contributed by atoms with van der Waals surface area (Å²) in [4.78, 5) is 20.3. The summed E-state index contributed by atoms with van der Waals surface area (Å²) >= 11 is 1.58. The number of nitrogens with zero attached hydrogens (tertiary/aromatic N) is 2. The van der Waals surface area contributed by atoms with Crippen molar-refractivity contribution in [3.05, 3.63) is 71.0 Å². The molecule has 3 aromatic carbocycles. The summed E-state index contributed by atoms with van der Waals surface area (Å²) in [5, 5.41) is 5.03. The van der Waals surface area contributed by atoms with Crippen LogP contribution in [0, 0.1) is 0 Å². The standard InChI is InChI=1S/C24H17N3O3S/c1-29-13-10-11-17-15(12-13)20-22(31-19-9-5-8-18(30-2)21(19)26-20)23-25-16-7-4-3-6-14(16)24(28)27(17)23/h3-12,26H,1-2H3. The van der Waals surface area contributed by atoms with Gasteiger partial charge >= 0.3 is 0 Å². The number of hydrogen-bond donors (Lipinski definition) is 1. The maximum absolute atomic E-state index is 13.5. The first-order valence-electron chi connectivity index (χ1n) is 9.76. The predicted molar refractivity (Wildman–Crippen MR) is 123 cm³/mol. The Labute approximate surface area is 181 Å². The predicted octanol–water partition coefficient (Wildman–Crippen LogP) is 5.23. The first-order chi connectivity index (χ1) is 15.2. The van der Waals surface area contributed by atoms with Crippen molar-refractivity contribution in [1.29, 1.82) is 0 Å². The van der Waals surface area contributed by atoms with Crippen molar-refractivity contribution in [3.63, 3.8) is 0 Å². The van der Waals surface area contributed by atoms with Gasteiger partial charge in [-0.15, -0.1) is 0 Å². The van der Waals surface area contributed by atoms with Crippen LogP contribution in [0.1, 0.15) is 0 Å². The first-order valence-corrected chi connectivity index (χ1v) is 10.6. The molecule has 1 aliphatic heterocycles. The van der Waals surface area contributed by atoms with E-state index in [9.17, 15) is 4.79 Å². The van der Waals surface area contributed by atoms with E-state index in [4.69, 9.17) is 14.5 Å². The highest BCUT2D eigenvalue weighted by Crippen LogP contribution is 2.51. The van der Waals surface area contributed by atoms with E-state index >= 15 is 0 Å². The van der Waals surface area contributed by atoms with Crippen molar-refractivity contribution in [1.82, 2.24) is 9.38 Å². The van der Waals surface area contributed by atoms with E-state index in [-0.39, 0.29) is 5.56 Å². The molecule has 31 heavy (non-hydrogen) atoms. The Morgan fingerprint density at radius 3 is 2.65 bits per heavy atom. The molecular formula is C24H17N3O3S. The second-order valence-corrected chi connectivity index (χ2v) is 8.29. The van der Waals surface area contributed by atoms with E-state index in [0.717, 1.165) is 37.8 Å². The maximum Gasteiger partial charge on any atom is 0.266 e. The van der Waals surface area contributed by atoms with E-state index in [1.165, 1.54) is 0 Å². The summed E-state index contributed by atoms with van der Waals surface area (Å²) in [7, 11) is 3.29. The lowest BCUT2D eigenvalue weighted by Gasteiger charge is -2.25. The molecule has 0 saturated heterocycles. The molecule has 0 radical (unpaired) electrons. The molecular weight excluding hydrogens is 410 g/mol. The van der Waals surface area contributed by atoms with E-state index in [1.807, 2.05) is 60.7 Å². The number of nitrogens with one attached hydrogen (secondary N) is 1. The van der Waals surface area contributed by atoms with E-state index in [2.05, 4.69) is 5.32 Å². The molecule has 1 N–H and O–H groups in total. The molecule has 6 nitrogen and oxygen atoms in total. The molecule has 0 atom stereocenters. The van der Waals surface area contributed by atoms with Gasteiger partial charge in [0, 0.05) is 10.3 Å². The number of anilines is 2. The van der Waals surface area contributed by atoms with Crippen LogP contribution in [0.4, 0.5) is 11.4 Å². The lowest BCUT2D eigenvalue weighted by atomic mass is 10.1. The molecule has 2 aromatic heterocycles. The number of para-hydroxylation sites is 2. The normalized spacial score (nSPS) is 12.5. The quantitative estimate of drug-likeness (QED) is 0.302. The second-order valence-electron chi connectivity index (χ2n) is 7.24. The summed E-state index contributed by atoms with van der Waals surface area (Å²) < 4.78 is 12.8. The summed E-state index contributed by atoms with van der Waals surface area (Å²) in [5.41, 5.74) is 3.78. The minimum Gasteiger partial charge on any atom is -0.497 e. The molecule has 0 saturated carbocycles. The van der Waals surface area contributed by atoms with Crippen LogP contribution in [0.15, 0.2) is 75.2 Å². The zero-order valence-corrected chi connectivity index (χ0v) is 17.6. The number of rotatable bonds is 2. The van der Waals surface area contributed by atoms with Crippen LogP contribution in [0.25, 0.3) is 27.5 Å². The molecule has 0 amide bonds. The van der Waals surface area contributed by atoms with Crippen molar-refractivity contribution < 1.29 is 9.47 Å². The van der Waals surface area contributed by atoms with Gasteiger partial charge in [0.15, 0.2) is 5.65 Å². The summed E-state index contributed by atoms with van der Waals surface area (Å²) in [5.74, 6) is 1.48. The van der Waals surface area contributed by atoms with Gasteiger partial charge in [0.1, 0.15) is 11.5 Å². The smallest absolute Gasteiger partial charge is 0.266 e. The van der Waals surface area contributed by atoms with Gasteiger partial charge < -0.3 is 14.8 Å². The fraction of sp³-hybridized carbons (Fsp3) is 0.0833. The number of benzene rings is 3. The lowest BCUT2D eigenvalue weighted by molar-refractivity contribution is 0.415. The summed E-state index contributed by atoms with van der Waals surface area (Å²) in [6.07, 6.45) is 0.